The zero-order valence-corrected chi connectivity index (χ0v) is 36.2. The van der Waals surface area contributed by atoms with Crippen molar-refractivity contribution in [2.24, 2.45) is 73.9 Å². The summed E-state index contributed by atoms with van der Waals surface area (Å²) >= 11 is 0. The van der Waals surface area contributed by atoms with Crippen LogP contribution in [0.3, 0.4) is 0 Å². The lowest BCUT2D eigenvalue weighted by atomic mass is 9.32. The molecule has 0 bridgehead atoms. The first-order chi connectivity index (χ1) is 25.6. The molecule has 1 aliphatic heterocycles. The molecule has 7 saturated carbocycles. The number of carbonyl (C=O) groups is 2. The smallest absolute Gasteiger partial charge is 0.310 e. The van der Waals surface area contributed by atoms with E-state index in [9.17, 15) is 27.5 Å². The molecule has 13 atom stereocenters. The molecular formula is C45H73FN2O6S. The molecule has 1 unspecified atom stereocenters. The Labute approximate surface area is 331 Å². The lowest BCUT2D eigenvalue weighted by Gasteiger charge is -2.73. The number of sulfone groups is 1. The van der Waals surface area contributed by atoms with Gasteiger partial charge in [0.25, 0.3) is 0 Å². The van der Waals surface area contributed by atoms with Gasteiger partial charge in [-0.25, -0.2) is 12.8 Å². The van der Waals surface area contributed by atoms with E-state index in [1.54, 1.807) is 0 Å². The van der Waals surface area contributed by atoms with Gasteiger partial charge < -0.3 is 15.2 Å². The third-order valence-corrected chi connectivity index (χ3v) is 21.5. The van der Waals surface area contributed by atoms with E-state index in [4.69, 9.17) is 4.74 Å². The van der Waals surface area contributed by atoms with Crippen molar-refractivity contribution in [2.45, 2.75) is 157 Å². The van der Waals surface area contributed by atoms with E-state index in [0.29, 0.717) is 42.2 Å². The number of fused-ring (bicyclic) bond motifs is 7. The number of nitrogens with zero attached hydrogens (tertiary/aromatic N) is 1. The van der Waals surface area contributed by atoms with Crippen LogP contribution in [0, 0.1) is 73.9 Å². The van der Waals surface area contributed by atoms with Crippen molar-refractivity contribution in [3.05, 3.63) is 0 Å². The van der Waals surface area contributed by atoms with Crippen LogP contribution in [0.25, 0.3) is 0 Å². The van der Waals surface area contributed by atoms with Crippen molar-refractivity contribution in [3.63, 3.8) is 0 Å². The van der Waals surface area contributed by atoms with Crippen molar-refractivity contribution in [3.8, 4) is 0 Å². The lowest BCUT2D eigenvalue weighted by Crippen LogP contribution is -2.69. The minimum Gasteiger partial charge on any atom is -0.481 e. The number of carbonyl (C=O) groups excluding carboxylic acids is 1. The minimum atomic E-state index is -3.00. The average Bonchev–Trinajstić information content (AvgIpc) is 3.94. The van der Waals surface area contributed by atoms with Crippen LogP contribution in [0.15, 0.2) is 0 Å². The highest BCUT2D eigenvalue weighted by Crippen LogP contribution is 2.78. The van der Waals surface area contributed by atoms with Crippen LogP contribution in [-0.2, 0) is 24.2 Å². The first-order valence-corrected chi connectivity index (χ1v) is 24.1. The molecule has 8 nitrogen and oxygen atoms in total. The number of alkyl halides is 1. The van der Waals surface area contributed by atoms with Crippen LogP contribution in [0.2, 0.25) is 0 Å². The predicted octanol–water partition coefficient (Wildman–Crippen LogP) is 7.94. The second-order valence-electron chi connectivity index (χ2n) is 22.8. The van der Waals surface area contributed by atoms with Gasteiger partial charge in [0, 0.05) is 30.1 Å². The van der Waals surface area contributed by atoms with Crippen LogP contribution >= 0.6 is 0 Å². The van der Waals surface area contributed by atoms with Gasteiger partial charge in [-0.15, -0.1) is 0 Å². The van der Waals surface area contributed by atoms with Crippen LogP contribution in [0.1, 0.15) is 139 Å². The highest BCUT2D eigenvalue weighted by atomic mass is 32.2. The molecule has 55 heavy (non-hydrogen) atoms. The molecule has 2 N–H and O–H groups in total. The molecule has 0 aromatic heterocycles. The number of carboxylic acids is 1. The molecule has 0 radical (unpaired) electrons. The van der Waals surface area contributed by atoms with Crippen molar-refractivity contribution in [2.75, 3.05) is 37.8 Å². The molecule has 1 saturated heterocycles. The number of esters is 1. The van der Waals surface area contributed by atoms with Gasteiger partial charge in [-0.05, 0) is 147 Å². The first-order valence-electron chi connectivity index (χ1n) is 22.3. The molecule has 312 valence electrons. The maximum absolute atomic E-state index is 14.5. The number of aliphatic carboxylic acids is 1. The summed E-state index contributed by atoms with van der Waals surface area (Å²) < 4.78 is 45.0. The Morgan fingerprint density at radius 2 is 1.47 bits per heavy atom. The van der Waals surface area contributed by atoms with Crippen LogP contribution in [0.4, 0.5) is 4.39 Å². The summed E-state index contributed by atoms with van der Waals surface area (Å²) in [5, 5.41) is 14.0. The Kier molecular flexibility index (Phi) is 9.66. The SMILES string of the molecule is CC1([C@@H]2CC[C@]3(NCCC(CF)N4CCS(=O)(=O)CC4)CC[C@]4(C)[C@H](CC[C@@H]5[C@@]6(C)CC[C@H](OC(=O)[C@H]7[C@@H](C(=O)O)C7(C)C)C(C)(C)[C@@H]6CC[C@]54C)[C@@H]23)CC1. The minimum absolute atomic E-state index is 0.0938. The topological polar surface area (TPSA) is 113 Å². The third-order valence-electron chi connectivity index (χ3n) is 19.9. The number of carboxylic acid groups (broad SMARTS) is 1. The summed E-state index contributed by atoms with van der Waals surface area (Å²) in [4.78, 5) is 27.5. The summed E-state index contributed by atoms with van der Waals surface area (Å²) in [6.45, 7) is 20.2. The molecule has 8 fully saturated rings. The molecule has 0 aromatic rings. The maximum Gasteiger partial charge on any atom is 0.310 e. The lowest BCUT2D eigenvalue weighted by molar-refractivity contribution is -0.248. The Morgan fingerprint density at radius 1 is 0.782 bits per heavy atom. The largest absolute Gasteiger partial charge is 0.481 e. The van der Waals surface area contributed by atoms with Gasteiger partial charge in [-0.3, -0.25) is 14.5 Å². The Bertz CT molecular complexity index is 1650. The van der Waals surface area contributed by atoms with E-state index in [1.807, 2.05) is 13.8 Å². The monoisotopic (exact) mass is 789 g/mol. The average molecular weight is 789 g/mol. The zero-order valence-electron chi connectivity index (χ0n) is 35.4. The molecule has 8 rings (SSSR count). The van der Waals surface area contributed by atoms with E-state index in [2.05, 4.69) is 51.8 Å². The number of hydrogen-bond acceptors (Lipinski definition) is 7. The quantitative estimate of drug-likeness (QED) is 0.215. The number of hydrogen-bond donors (Lipinski definition) is 2. The Hall–Kier alpha value is -1.26. The molecule has 1 heterocycles. The fourth-order valence-electron chi connectivity index (χ4n) is 16.1. The molecular weight excluding hydrogens is 716 g/mol. The molecule has 8 aliphatic rings. The molecule has 0 spiro atoms. The van der Waals surface area contributed by atoms with Crippen LogP contribution < -0.4 is 5.32 Å². The van der Waals surface area contributed by atoms with E-state index < -0.39 is 39.7 Å². The summed E-state index contributed by atoms with van der Waals surface area (Å²) in [6.07, 6.45) is 14.8. The number of rotatable bonds is 10. The summed E-state index contributed by atoms with van der Waals surface area (Å²) in [7, 11) is -3.00. The van der Waals surface area contributed by atoms with Crippen molar-refractivity contribution < 1.29 is 32.2 Å². The van der Waals surface area contributed by atoms with Gasteiger partial charge in [0.2, 0.25) is 0 Å². The van der Waals surface area contributed by atoms with Gasteiger partial charge in [-0.1, -0.05) is 55.4 Å². The normalized spacial score (nSPS) is 47.9. The fraction of sp³-hybridized carbons (Fsp3) is 0.956. The number of nitrogens with one attached hydrogen (secondary N) is 1. The van der Waals surface area contributed by atoms with Crippen molar-refractivity contribution in [1.29, 1.82) is 0 Å². The van der Waals surface area contributed by atoms with Crippen LogP contribution in [-0.4, -0.2) is 85.9 Å². The van der Waals surface area contributed by atoms with Gasteiger partial charge in [-0.2, -0.15) is 0 Å². The van der Waals surface area contributed by atoms with Gasteiger partial charge in [0.15, 0.2) is 9.84 Å². The van der Waals surface area contributed by atoms with Crippen molar-refractivity contribution >= 4 is 21.8 Å². The van der Waals surface area contributed by atoms with E-state index in [0.717, 1.165) is 38.1 Å². The van der Waals surface area contributed by atoms with Gasteiger partial charge in [0.1, 0.15) is 12.8 Å². The molecule has 10 heteroatoms. The predicted molar refractivity (Wildman–Crippen MR) is 213 cm³/mol. The summed E-state index contributed by atoms with van der Waals surface area (Å²) in [5.74, 6) is 0.877. The first kappa shape index (κ1) is 40.5. The fourth-order valence-corrected chi connectivity index (χ4v) is 17.4. The van der Waals surface area contributed by atoms with Crippen molar-refractivity contribution in [1.82, 2.24) is 10.2 Å². The standard InChI is InChI=1S/C45H73FN2O6S/c1-39(2)31-12-16-44(8)32(42(31,6)15-13-33(39)54-38(51)36-35(37(49)50)40(36,3)4)10-9-30-34-29(41(5)18-19-41)11-17-45(34,21-20-43(30,44)7)47-22-14-28(27-46)48-23-25-55(52,53)26-24-48/h28-36,47H,9-27H2,1-8H3,(H,49,50)/t28?,29-,30-,31+,32-,33+,34-,35+,36-,42+,43-,44-,45+/m1/s1. The van der Waals surface area contributed by atoms with E-state index >= 15 is 0 Å². The molecule has 0 aromatic carbocycles. The highest BCUT2D eigenvalue weighted by Gasteiger charge is 2.73. The second-order valence-corrected chi connectivity index (χ2v) is 25.1. The number of halogens is 1. The summed E-state index contributed by atoms with van der Waals surface area (Å²) in [6, 6.07) is -0.222. The summed E-state index contributed by atoms with van der Waals surface area (Å²) in [5.41, 5.74) is 0.371. The zero-order chi connectivity index (χ0) is 39.8. The Morgan fingerprint density at radius 3 is 2.09 bits per heavy atom. The van der Waals surface area contributed by atoms with E-state index in [1.165, 1.54) is 57.8 Å². The maximum atomic E-state index is 14.5. The molecule has 7 aliphatic carbocycles. The van der Waals surface area contributed by atoms with Crippen LogP contribution in [0.5, 0.6) is 0 Å². The van der Waals surface area contributed by atoms with Gasteiger partial charge >= 0.3 is 11.9 Å². The third kappa shape index (κ3) is 6.06. The van der Waals surface area contributed by atoms with E-state index in [-0.39, 0.29) is 56.8 Å². The second kappa shape index (κ2) is 13.1. The Balaban J connectivity index is 1.00. The van der Waals surface area contributed by atoms with Gasteiger partial charge in [0.05, 0.1) is 23.3 Å². The highest BCUT2D eigenvalue weighted by molar-refractivity contribution is 7.91. The number of ether oxygens (including phenoxy) is 1. The molecule has 0 amide bonds.